The third-order valence-electron chi connectivity index (χ3n) is 4.60. The van der Waals surface area contributed by atoms with Gasteiger partial charge in [-0.25, -0.2) is 9.67 Å². The van der Waals surface area contributed by atoms with Crippen LogP contribution in [0.2, 0.25) is 0 Å². The average Bonchev–Trinajstić information content (AvgIpc) is 3.14. The Morgan fingerprint density at radius 2 is 2.07 bits per heavy atom. The first-order chi connectivity index (χ1) is 14.1. The fourth-order valence-electron chi connectivity index (χ4n) is 3.30. The Labute approximate surface area is 172 Å². The number of methoxy groups -OCH3 is 1. The number of nitrogens with one attached hydrogen (secondary N) is 1. The van der Waals surface area contributed by atoms with E-state index in [4.69, 9.17) is 10.5 Å². The maximum absolute atomic E-state index is 12.3. The van der Waals surface area contributed by atoms with Crippen LogP contribution >= 0.6 is 11.8 Å². The number of hydrogen-bond donors (Lipinski definition) is 2. The molecule has 1 aromatic carbocycles. The fraction of sp³-hybridized carbons (Fsp3) is 0.200. The van der Waals surface area contributed by atoms with Crippen LogP contribution in [0.25, 0.3) is 0 Å². The molecule has 3 aromatic rings. The number of carbonyl (C=O) groups excluding carboxylic acids is 1. The number of pyridine rings is 1. The van der Waals surface area contributed by atoms with Crippen LogP contribution in [0.1, 0.15) is 24.1 Å². The fourth-order valence-corrected chi connectivity index (χ4v) is 4.09. The molecular formula is C20H20N6O2S. The summed E-state index contributed by atoms with van der Waals surface area (Å²) in [5.74, 6) is 1.15. The highest BCUT2D eigenvalue weighted by Gasteiger charge is 2.35. The van der Waals surface area contributed by atoms with E-state index in [9.17, 15) is 4.79 Å². The van der Waals surface area contributed by atoms with Gasteiger partial charge in [0.1, 0.15) is 6.04 Å². The number of nitrogens with zero attached hydrogens (tertiary/aromatic N) is 4. The van der Waals surface area contributed by atoms with Crippen LogP contribution in [0.4, 0.5) is 5.95 Å². The van der Waals surface area contributed by atoms with Gasteiger partial charge in [0.25, 0.3) is 0 Å². The van der Waals surface area contributed by atoms with E-state index in [1.54, 1.807) is 23.9 Å². The summed E-state index contributed by atoms with van der Waals surface area (Å²) in [6, 6.07) is 13.2. The number of aromatic nitrogens is 4. The van der Waals surface area contributed by atoms with Crippen molar-refractivity contribution in [2.75, 3.05) is 12.4 Å². The first kappa shape index (κ1) is 19.0. The molecule has 0 saturated carbocycles. The van der Waals surface area contributed by atoms with Crippen LogP contribution in [0.3, 0.4) is 0 Å². The number of thioether (sulfide) groups is 1. The zero-order valence-corrected chi connectivity index (χ0v) is 16.8. The number of carbonyl (C=O) groups is 1. The molecule has 3 N–H and O–H groups in total. The number of nitrogens with two attached hydrogens (primary N) is 1. The molecule has 1 unspecified atom stereocenters. The lowest BCUT2D eigenvalue weighted by Crippen LogP contribution is -2.32. The second-order valence-corrected chi connectivity index (χ2v) is 7.41. The van der Waals surface area contributed by atoms with Crippen LogP contribution < -0.4 is 15.8 Å². The SMILES string of the molecule is COc1ncccc1C1C(C(N)=O)=C(C)Nc2nc(SCc3ccccc3)nn21. The van der Waals surface area contributed by atoms with Crippen LogP contribution in [0, 0.1) is 0 Å². The number of primary amides is 1. The Bertz CT molecular complexity index is 1080. The topological polar surface area (TPSA) is 108 Å². The second kappa shape index (κ2) is 7.96. The number of benzene rings is 1. The van der Waals surface area contributed by atoms with Crippen molar-refractivity contribution < 1.29 is 9.53 Å². The maximum atomic E-state index is 12.3. The molecule has 0 saturated heterocycles. The van der Waals surface area contributed by atoms with Gasteiger partial charge < -0.3 is 15.8 Å². The van der Waals surface area contributed by atoms with Crippen molar-refractivity contribution in [3.8, 4) is 5.88 Å². The van der Waals surface area contributed by atoms with E-state index in [-0.39, 0.29) is 0 Å². The van der Waals surface area contributed by atoms with Crippen LogP contribution in [0.5, 0.6) is 5.88 Å². The quantitative estimate of drug-likeness (QED) is 0.604. The molecule has 148 valence electrons. The normalized spacial score (nSPS) is 15.6. The van der Waals surface area contributed by atoms with E-state index in [2.05, 4.69) is 32.5 Å². The van der Waals surface area contributed by atoms with E-state index in [1.165, 1.54) is 24.4 Å². The number of rotatable bonds is 6. The number of amides is 1. The summed E-state index contributed by atoms with van der Waals surface area (Å²) in [6.45, 7) is 1.80. The smallest absolute Gasteiger partial charge is 0.248 e. The summed E-state index contributed by atoms with van der Waals surface area (Å²) >= 11 is 1.52. The first-order valence-electron chi connectivity index (χ1n) is 8.98. The summed E-state index contributed by atoms with van der Waals surface area (Å²) in [5.41, 5.74) is 8.61. The number of fused-ring (bicyclic) bond motifs is 1. The third kappa shape index (κ3) is 3.68. The lowest BCUT2D eigenvalue weighted by atomic mass is 9.96. The van der Waals surface area contributed by atoms with Crippen molar-refractivity contribution in [3.63, 3.8) is 0 Å². The Balaban J connectivity index is 1.73. The molecule has 2 aromatic heterocycles. The number of hydrogen-bond acceptors (Lipinski definition) is 7. The maximum Gasteiger partial charge on any atom is 0.248 e. The van der Waals surface area contributed by atoms with Gasteiger partial charge >= 0.3 is 0 Å². The average molecular weight is 408 g/mol. The highest BCUT2D eigenvalue weighted by atomic mass is 32.2. The van der Waals surface area contributed by atoms with Gasteiger partial charge in [0.2, 0.25) is 22.9 Å². The summed E-state index contributed by atoms with van der Waals surface area (Å²) in [7, 11) is 1.54. The van der Waals surface area contributed by atoms with Crippen LogP contribution in [0.15, 0.2) is 65.1 Å². The predicted molar refractivity (Wildman–Crippen MR) is 110 cm³/mol. The van der Waals surface area contributed by atoms with Gasteiger partial charge in [-0.1, -0.05) is 42.1 Å². The Kier molecular flexibility index (Phi) is 5.22. The predicted octanol–water partition coefficient (Wildman–Crippen LogP) is 2.75. The molecule has 1 amide bonds. The minimum absolute atomic E-state index is 0.397. The van der Waals surface area contributed by atoms with Crippen LogP contribution in [-0.4, -0.2) is 32.8 Å². The van der Waals surface area contributed by atoms with Gasteiger partial charge in [0.15, 0.2) is 0 Å². The molecule has 0 radical (unpaired) electrons. The third-order valence-corrected chi connectivity index (χ3v) is 5.51. The van der Waals surface area contributed by atoms with Gasteiger partial charge in [0, 0.05) is 23.2 Å². The molecule has 29 heavy (non-hydrogen) atoms. The molecule has 1 atom stereocenters. The van der Waals surface area contributed by atoms with Crippen molar-refractivity contribution in [1.29, 1.82) is 0 Å². The molecule has 0 aliphatic carbocycles. The zero-order valence-electron chi connectivity index (χ0n) is 16.0. The number of allylic oxidation sites excluding steroid dienone is 1. The monoisotopic (exact) mass is 408 g/mol. The lowest BCUT2D eigenvalue weighted by Gasteiger charge is -2.28. The second-order valence-electron chi connectivity index (χ2n) is 6.47. The molecule has 0 fully saturated rings. The standard InChI is InChI=1S/C20H20N6O2S/c1-12-15(17(21)27)16(14-9-6-10-22-18(14)28-2)26-19(23-12)24-20(25-26)29-11-13-7-4-3-5-8-13/h3-10,16H,11H2,1-2H3,(H2,21,27)(H,23,24,25). The highest BCUT2D eigenvalue weighted by Crippen LogP contribution is 2.38. The summed E-state index contributed by atoms with van der Waals surface area (Å²) < 4.78 is 7.08. The van der Waals surface area contributed by atoms with Crippen molar-refractivity contribution in [2.45, 2.75) is 23.9 Å². The van der Waals surface area contributed by atoms with Crippen molar-refractivity contribution >= 4 is 23.6 Å². The highest BCUT2D eigenvalue weighted by molar-refractivity contribution is 7.98. The van der Waals surface area contributed by atoms with E-state index < -0.39 is 11.9 Å². The van der Waals surface area contributed by atoms with Gasteiger partial charge in [-0.2, -0.15) is 4.98 Å². The van der Waals surface area contributed by atoms with E-state index >= 15 is 0 Å². The molecule has 3 heterocycles. The Morgan fingerprint density at radius 3 is 2.79 bits per heavy atom. The summed E-state index contributed by atoms with van der Waals surface area (Å²) in [6.07, 6.45) is 1.63. The van der Waals surface area contributed by atoms with E-state index in [0.29, 0.717) is 33.8 Å². The Morgan fingerprint density at radius 1 is 1.28 bits per heavy atom. The molecule has 1 aliphatic rings. The largest absolute Gasteiger partial charge is 0.481 e. The summed E-state index contributed by atoms with van der Waals surface area (Å²) in [5, 5.41) is 8.39. The van der Waals surface area contributed by atoms with Crippen molar-refractivity contribution in [1.82, 2.24) is 19.7 Å². The van der Waals surface area contributed by atoms with Gasteiger partial charge in [-0.15, -0.1) is 5.10 Å². The van der Waals surface area contributed by atoms with Gasteiger partial charge in [0.05, 0.1) is 12.7 Å². The minimum Gasteiger partial charge on any atom is -0.481 e. The first-order valence-corrected chi connectivity index (χ1v) is 9.96. The minimum atomic E-state index is -0.578. The number of ether oxygens (including phenoxy) is 1. The molecule has 0 bridgehead atoms. The van der Waals surface area contributed by atoms with Gasteiger partial charge in [-0.3, -0.25) is 4.79 Å². The molecule has 0 spiro atoms. The molecule has 1 aliphatic heterocycles. The molecule has 9 heteroatoms. The van der Waals surface area contributed by atoms with Gasteiger partial charge in [-0.05, 0) is 24.6 Å². The van der Waals surface area contributed by atoms with Crippen molar-refractivity contribution in [2.24, 2.45) is 5.73 Å². The lowest BCUT2D eigenvalue weighted by molar-refractivity contribution is -0.115. The van der Waals surface area contributed by atoms with E-state index in [0.717, 1.165) is 5.75 Å². The summed E-state index contributed by atoms with van der Waals surface area (Å²) in [4.78, 5) is 21.1. The molecular weight excluding hydrogens is 388 g/mol. The van der Waals surface area contributed by atoms with E-state index in [1.807, 2.05) is 24.3 Å². The molecule has 8 nitrogen and oxygen atoms in total. The molecule has 4 rings (SSSR count). The van der Waals surface area contributed by atoms with Crippen LogP contribution in [-0.2, 0) is 10.5 Å². The Hall–Kier alpha value is -3.33. The van der Waals surface area contributed by atoms with Crippen molar-refractivity contribution in [3.05, 3.63) is 71.1 Å². The zero-order chi connectivity index (χ0) is 20.4. The number of anilines is 1.